The van der Waals surface area contributed by atoms with E-state index in [1.807, 2.05) is 12.3 Å². The fourth-order valence-corrected chi connectivity index (χ4v) is 3.87. The summed E-state index contributed by atoms with van der Waals surface area (Å²) in [5.74, 6) is 3.04. The molecular formula is C21H23N7O. The molecule has 0 spiro atoms. The highest BCUT2D eigenvalue weighted by Gasteiger charge is 2.23. The van der Waals surface area contributed by atoms with Crippen molar-refractivity contribution < 1.29 is 4.74 Å². The lowest BCUT2D eigenvalue weighted by Crippen LogP contribution is -2.47. The Morgan fingerprint density at radius 1 is 0.724 bits per heavy atom. The van der Waals surface area contributed by atoms with Crippen LogP contribution in [0.1, 0.15) is 11.1 Å². The Kier molecular flexibility index (Phi) is 4.59. The molecule has 4 heterocycles. The van der Waals surface area contributed by atoms with Crippen LogP contribution < -0.4 is 19.4 Å². The highest BCUT2D eigenvalue weighted by atomic mass is 16.5. The molecule has 0 atom stereocenters. The van der Waals surface area contributed by atoms with Crippen molar-refractivity contribution in [2.45, 2.75) is 13.1 Å². The number of aromatic nitrogens is 4. The minimum atomic E-state index is 0.583. The van der Waals surface area contributed by atoms with Crippen molar-refractivity contribution in [2.24, 2.45) is 0 Å². The second-order valence-electron chi connectivity index (χ2n) is 7.21. The molecule has 0 saturated carbocycles. The van der Waals surface area contributed by atoms with Crippen molar-refractivity contribution in [1.82, 2.24) is 19.9 Å². The minimum Gasteiger partial charge on any atom is -0.481 e. The Labute approximate surface area is 169 Å². The zero-order valence-electron chi connectivity index (χ0n) is 16.4. The molecule has 2 aromatic heterocycles. The molecule has 0 amide bonds. The summed E-state index contributed by atoms with van der Waals surface area (Å²) < 4.78 is 5.21. The summed E-state index contributed by atoms with van der Waals surface area (Å²) in [5, 5.41) is 0. The number of anilines is 3. The smallest absolute Gasteiger partial charge is 0.228 e. The van der Waals surface area contributed by atoms with Crippen LogP contribution >= 0.6 is 0 Å². The number of nitrogens with zero attached hydrogens (tertiary/aromatic N) is 7. The molecule has 1 saturated heterocycles. The lowest BCUT2D eigenvalue weighted by molar-refractivity contribution is 0.396. The summed E-state index contributed by atoms with van der Waals surface area (Å²) in [6, 6.07) is 12.3. The number of fused-ring (bicyclic) bond motifs is 1. The molecule has 1 aromatic carbocycles. The quantitative estimate of drug-likeness (QED) is 0.672. The molecule has 2 aliphatic rings. The van der Waals surface area contributed by atoms with E-state index >= 15 is 0 Å². The van der Waals surface area contributed by atoms with Gasteiger partial charge in [0.15, 0.2) is 0 Å². The van der Waals surface area contributed by atoms with Gasteiger partial charge in [0.25, 0.3) is 0 Å². The van der Waals surface area contributed by atoms with E-state index in [4.69, 9.17) is 9.72 Å². The van der Waals surface area contributed by atoms with E-state index in [0.717, 1.165) is 51.0 Å². The van der Waals surface area contributed by atoms with Crippen LogP contribution in [0.4, 0.5) is 17.7 Å². The first-order chi connectivity index (χ1) is 14.3. The van der Waals surface area contributed by atoms with E-state index in [9.17, 15) is 0 Å². The van der Waals surface area contributed by atoms with Gasteiger partial charge < -0.3 is 19.4 Å². The monoisotopic (exact) mass is 389 g/mol. The number of benzene rings is 1. The van der Waals surface area contributed by atoms with Gasteiger partial charge in [-0.05, 0) is 17.2 Å². The predicted molar refractivity (Wildman–Crippen MR) is 111 cm³/mol. The molecule has 8 nitrogen and oxygen atoms in total. The van der Waals surface area contributed by atoms with Crippen molar-refractivity contribution in [3.63, 3.8) is 0 Å². The molecule has 0 N–H and O–H groups in total. The Bertz CT molecular complexity index is 979. The van der Waals surface area contributed by atoms with E-state index in [-0.39, 0.29) is 0 Å². The highest BCUT2D eigenvalue weighted by molar-refractivity contribution is 5.50. The molecular weight excluding hydrogens is 366 g/mol. The Hall–Kier alpha value is -3.42. The largest absolute Gasteiger partial charge is 0.481 e. The maximum absolute atomic E-state index is 5.21. The second-order valence-corrected chi connectivity index (χ2v) is 7.21. The van der Waals surface area contributed by atoms with Crippen LogP contribution in [0.5, 0.6) is 5.88 Å². The zero-order chi connectivity index (χ0) is 19.6. The van der Waals surface area contributed by atoms with Gasteiger partial charge in [-0.3, -0.25) is 0 Å². The van der Waals surface area contributed by atoms with Gasteiger partial charge in [0.05, 0.1) is 7.11 Å². The van der Waals surface area contributed by atoms with Gasteiger partial charge in [-0.1, -0.05) is 24.3 Å². The molecule has 1 fully saturated rings. The normalized spacial score (nSPS) is 16.1. The van der Waals surface area contributed by atoms with Gasteiger partial charge in [-0.2, -0.15) is 9.97 Å². The van der Waals surface area contributed by atoms with Crippen LogP contribution in [-0.4, -0.2) is 53.2 Å². The first kappa shape index (κ1) is 17.7. The molecule has 0 bridgehead atoms. The van der Waals surface area contributed by atoms with E-state index in [1.54, 1.807) is 19.4 Å². The van der Waals surface area contributed by atoms with Gasteiger partial charge in [0, 0.05) is 57.7 Å². The van der Waals surface area contributed by atoms with Gasteiger partial charge in [-0.25, -0.2) is 9.97 Å². The van der Waals surface area contributed by atoms with Crippen molar-refractivity contribution in [1.29, 1.82) is 0 Å². The van der Waals surface area contributed by atoms with Gasteiger partial charge >= 0.3 is 0 Å². The maximum atomic E-state index is 5.21. The molecule has 0 unspecified atom stereocenters. The number of ether oxygens (including phenoxy) is 1. The van der Waals surface area contributed by atoms with Crippen LogP contribution in [-0.2, 0) is 13.1 Å². The summed E-state index contributed by atoms with van der Waals surface area (Å²) in [5.41, 5.74) is 2.75. The van der Waals surface area contributed by atoms with Crippen molar-refractivity contribution >= 4 is 17.7 Å². The third kappa shape index (κ3) is 3.53. The van der Waals surface area contributed by atoms with Crippen LogP contribution in [0.25, 0.3) is 0 Å². The molecule has 3 aromatic rings. The molecule has 2 aliphatic heterocycles. The van der Waals surface area contributed by atoms with Gasteiger partial charge in [-0.15, -0.1) is 0 Å². The van der Waals surface area contributed by atoms with E-state index < -0.39 is 0 Å². The number of rotatable bonds is 4. The van der Waals surface area contributed by atoms with Crippen LogP contribution in [0.2, 0.25) is 0 Å². The third-order valence-electron chi connectivity index (χ3n) is 5.46. The van der Waals surface area contributed by atoms with Crippen molar-refractivity contribution in [2.75, 3.05) is 48.0 Å². The summed E-state index contributed by atoms with van der Waals surface area (Å²) in [7, 11) is 1.62. The summed E-state index contributed by atoms with van der Waals surface area (Å²) in [4.78, 5) is 24.9. The van der Waals surface area contributed by atoms with Crippen molar-refractivity contribution in [3.05, 3.63) is 59.9 Å². The Morgan fingerprint density at radius 3 is 1.93 bits per heavy atom. The fraction of sp³-hybridized carbons (Fsp3) is 0.333. The van der Waals surface area contributed by atoms with E-state index in [0.29, 0.717) is 11.8 Å². The van der Waals surface area contributed by atoms with Crippen molar-refractivity contribution in [3.8, 4) is 5.88 Å². The van der Waals surface area contributed by atoms with Gasteiger partial charge in [0.1, 0.15) is 5.82 Å². The average molecular weight is 389 g/mol. The minimum absolute atomic E-state index is 0.583. The van der Waals surface area contributed by atoms with Crippen LogP contribution in [0.3, 0.4) is 0 Å². The topological polar surface area (TPSA) is 70.5 Å². The molecule has 8 heteroatoms. The van der Waals surface area contributed by atoms with Crippen LogP contribution in [0, 0.1) is 0 Å². The molecule has 0 aliphatic carbocycles. The second kappa shape index (κ2) is 7.54. The SMILES string of the molecule is COc1ccnc(N2CCN(c3nccc(N4Cc5ccccc5C4)n3)CC2)n1. The lowest BCUT2D eigenvalue weighted by Gasteiger charge is -2.35. The number of hydrogen-bond acceptors (Lipinski definition) is 8. The predicted octanol–water partition coefficient (Wildman–Crippen LogP) is 2.12. The summed E-state index contributed by atoms with van der Waals surface area (Å²) in [6.07, 6.45) is 3.59. The Balaban J connectivity index is 1.26. The fourth-order valence-electron chi connectivity index (χ4n) is 3.87. The first-order valence-electron chi connectivity index (χ1n) is 9.82. The lowest BCUT2D eigenvalue weighted by atomic mass is 10.1. The molecule has 0 radical (unpaired) electrons. The maximum Gasteiger partial charge on any atom is 0.228 e. The number of piperazine rings is 1. The standard InChI is InChI=1S/C21H23N7O/c1-29-19-7-9-23-21(25-19)27-12-10-26(11-13-27)20-22-8-6-18(24-20)28-14-16-4-2-3-5-17(16)15-28/h2-9H,10-15H2,1H3. The van der Waals surface area contributed by atoms with E-state index in [2.05, 4.69) is 53.9 Å². The first-order valence-corrected chi connectivity index (χ1v) is 9.82. The molecule has 29 heavy (non-hydrogen) atoms. The van der Waals surface area contributed by atoms with Crippen LogP contribution in [0.15, 0.2) is 48.8 Å². The number of hydrogen-bond donors (Lipinski definition) is 0. The number of methoxy groups -OCH3 is 1. The average Bonchev–Trinajstić information content (AvgIpc) is 3.24. The molecule has 148 valence electrons. The molecule has 5 rings (SSSR count). The van der Waals surface area contributed by atoms with Gasteiger partial charge in [0.2, 0.25) is 17.8 Å². The third-order valence-corrected chi connectivity index (χ3v) is 5.46. The summed E-state index contributed by atoms with van der Waals surface area (Å²) in [6.45, 7) is 5.07. The zero-order valence-corrected chi connectivity index (χ0v) is 16.4. The highest BCUT2D eigenvalue weighted by Crippen LogP contribution is 2.27. The Morgan fingerprint density at radius 2 is 1.31 bits per heavy atom. The summed E-state index contributed by atoms with van der Waals surface area (Å²) >= 11 is 0. The van der Waals surface area contributed by atoms with E-state index in [1.165, 1.54) is 11.1 Å².